The van der Waals surface area contributed by atoms with Crippen molar-refractivity contribution in [2.75, 3.05) is 0 Å². The maximum absolute atomic E-state index is 13.9. The number of nitrogens with zero attached hydrogens (tertiary/aromatic N) is 2. The molecule has 4 nitrogen and oxygen atoms in total. The number of aromatic nitrogens is 2. The second-order valence-corrected chi connectivity index (χ2v) is 10.4. The Morgan fingerprint density at radius 1 is 0.636 bits per heavy atom. The molecule has 0 amide bonds. The number of rotatable bonds is 3. The molecule has 0 N–H and O–H groups in total. The minimum absolute atomic E-state index is 0.286. The summed E-state index contributed by atoms with van der Waals surface area (Å²) < 4.78 is 31.3. The Hall–Kier alpha value is -3.83. The average Bonchev–Trinajstić information content (AvgIpc) is 3.36. The van der Waals surface area contributed by atoms with Gasteiger partial charge in [-0.3, -0.25) is 0 Å². The Kier molecular flexibility index (Phi) is 4.26. The minimum atomic E-state index is -3.79. The van der Waals surface area contributed by atoms with Crippen LogP contribution in [0, 0.1) is 13.8 Å². The predicted molar refractivity (Wildman–Crippen MR) is 134 cm³/mol. The summed E-state index contributed by atoms with van der Waals surface area (Å²) in [7, 11) is -3.79. The molecule has 0 unspecified atom stereocenters. The molecule has 0 saturated heterocycles. The van der Waals surface area contributed by atoms with Gasteiger partial charge in [-0.15, -0.1) is 0 Å². The van der Waals surface area contributed by atoms with Gasteiger partial charge in [0.15, 0.2) is 0 Å². The van der Waals surface area contributed by atoms with Crippen molar-refractivity contribution in [3.05, 3.63) is 108 Å². The molecule has 6 aromatic rings. The molecule has 0 aliphatic heterocycles. The van der Waals surface area contributed by atoms with Crippen LogP contribution in [0.15, 0.2) is 102 Å². The molecule has 3 aromatic carbocycles. The highest BCUT2D eigenvalue weighted by Gasteiger charge is 2.24. The minimum Gasteiger partial charge on any atom is -0.322 e. The highest BCUT2D eigenvalue weighted by Crippen LogP contribution is 2.35. The van der Waals surface area contributed by atoms with E-state index in [4.69, 9.17) is 0 Å². The molecular formula is C28H22N2O2S. The van der Waals surface area contributed by atoms with Crippen molar-refractivity contribution in [1.82, 2.24) is 8.37 Å². The lowest BCUT2D eigenvalue weighted by molar-refractivity contribution is 0.590. The van der Waals surface area contributed by atoms with E-state index in [1.165, 1.54) is 3.97 Å². The third-order valence-corrected chi connectivity index (χ3v) is 8.00. The van der Waals surface area contributed by atoms with Gasteiger partial charge in [-0.2, -0.15) is 0 Å². The standard InChI is InChI=1S/C28H22N2O2S/c1-19-8-11-24(12-9-19)33(31,32)30-27-14-20(2)10-13-25(27)26-18-29-17-22(15-23(29)16-28(26)30)21-6-4-3-5-7-21/h3-18H,1-2H3. The van der Waals surface area contributed by atoms with E-state index < -0.39 is 10.0 Å². The Morgan fingerprint density at radius 2 is 1.33 bits per heavy atom. The van der Waals surface area contributed by atoms with Crippen molar-refractivity contribution < 1.29 is 8.42 Å². The van der Waals surface area contributed by atoms with Crippen LogP contribution in [0.3, 0.4) is 0 Å². The summed E-state index contributed by atoms with van der Waals surface area (Å²) >= 11 is 0. The molecule has 5 heteroatoms. The normalized spacial score (nSPS) is 12.2. The number of hydrogen-bond acceptors (Lipinski definition) is 2. The lowest BCUT2D eigenvalue weighted by Crippen LogP contribution is -2.12. The van der Waals surface area contributed by atoms with Gasteiger partial charge < -0.3 is 4.40 Å². The Bertz CT molecular complexity index is 1780. The molecule has 33 heavy (non-hydrogen) atoms. The van der Waals surface area contributed by atoms with Crippen molar-refractivity contribution in [3.63, 3.8) is 0 Å². The van der Waals surface area contributed by atoms with Crippen LogP contribution in [0.1, 0.15) is 11.1 Å². The van der Waals surface area contributed by atoms with Gasteiger partial charge in [0.2, 0.25) is 0 Å². The fourth-order valence-corrected chi connectivity index (χ4v) is 6.06. The quantitative estimate of drug-likeness (QED) is 0.306. The molecule has 0 aliphatic rings. The zero-order valence-electron chi connectivity index (χ0n) is 18.4. The SMILES string of the molecule is Cc1ccc(S(=O)(=O)n2c3cc(C)ccc3c3cn4cc(-c5ccccc5)cc4cc32)cc1. The zero-order valence-corrected chi connectivity index (χ0v) is 19.2. The third-order valence-electron chi connectivity index (χ3n) is 6.26. The first-order valence-electron chi connectivity index (χ1n) is 10.9. The van der Waals surface area contributed by atoms with Crippen LogP contribution < -0.4 is 0 Å². The van der Waals surface area contributed by atoms with Crippen LogP contribution in [0.2, 0.25) is 0 Å². The fraction of sp³-hybridized carbons (Fsp3) is 0.0714. The van der Waals surface area contributed by atoms with Crippen molar-refractivity contribution in [1.29, 1.82) is 0 Å². The maximum atomic E-state index is 13.9. The first kappa shape index (κ1) is 19.8. The molecule has 0 aliphatic carbocycles. The van der Waals surface area contributed by atoms with Gasteiger partial charge in [0.05, 0.1) is 15.9 Å². The van der Waals surface area contributed by atoms with Gasteiger partial charge in [-0.1, -0.05) is 60.2 Å². The van der Waals surface area contributed by atoms with E-state index >= 15 is 0 Å². The van der Waals surface area contributed by atoms with E-state index in [0.29, 0.717) is 11.0 Å². The van der Waals surface area contributed by atoms with Crippen molar-refractivity contribution in [2.45, 2.75) is 18.7 Å². The lowest BCUT2D eigenvalue weighted by Gasteiger charge is -2.10. The van der Waals surface area contributed by atoms with Crippen molar-refractivity contribution >= 4 is 37.3 Å². The second-order valence-electron chi connectivity index (χ2n) is 8.60. The average molecular weight is 451 g/mol. The summed E-state index contributed by atoms with van der Waals surface area (Å²) in [5, 5.41) is 1.83. The molecule has 0 radical (unpaired) electrons. The van der Waals surface area contributed by atoms with Crippen LogP contribution in [-0.2, 0) is 10.0 Å². The maximum Gasteiger partial charge on any atom is 0.268 e. The molecule has 3 heterocycles. The number of pyridine rings is 1. The van der Waals surface area contributed by atoms with E-state index in [9.17, 15) is 8.42 Å². The first-order chi connectivity index (χ1) is 15.9. The zero-order chi connectivity index (χ0) is 22.7. The van der Waals surface area contributed by atoms with Gasteiger partial charge >= 0.3 is 0 Å². The van der Waals surface area contributed by atoms with Crippen LogP contribution in [0.25, 0.3) is 38.4 Å². The van der Waals surface area contributed by atoms with Crippen LogP contribution in [0.5, 0.6) is 0 Å². The first-order valence-corrected chi connectivity index (χ1v) is 12.3. The molecule has 0 atom stereocenters. The van der Waals surface area contributed by atoms with Crippen LogP contribution in [-0.4, -0.2) is 16.8 Å². The van der Waals surface area contributed by atoms with Crippen molar-refractivity contribution in [2.24, 2.45) is 0 Å². The van der Waals surface area contributed by atoms with Gasteiger partial charge in [-0.05, 0) is 55.3 Å². The molecular weight excluding hydrogens is 428 g/mol. The van der Waals surface area contributed by atoms with E-state index in [2.05, 4.69) is 28.8 Å². The molecule has 0 spiro atoms. The summed E-state index contributed by atoms with van der Waals surface area (Å²) in [4.78, 5) is 0.286. The van der Waals surface area contributed by atoms with Gasteiger partial charge in [0, 0.05) is 34.2 Å². The smallest absolute Gasteiger partial charge is 0.268 e. The van der Waals surface area contributed by atoms with Crippen LogP contribution in [0.4, 0.5) is 0 Å². The Balaban J connectivity index is 1.69. The fourth-order valence-electron chi connectivity index (χ4n) is 4.55. The number of benzene rings is 3. The summed E-state index contributed by atoms with van der Waals surface area (Å²) in [6.07, 6.45) is 4.13. The molecule has 162 valence electrons. The summed E-state index contributed by atoms with van der Waals surface area (Å²) in [5.41, 5.74) is 6.58. The third kappa shape index (κ3) is 3.08. The highest BCUT2D eigenvalue weighted by molar-refractivity contribution is 7.90. The molecule has 0 bridgehead atoms. The molecule has 3 aromatic heterocycles. The lowest BCUT2D eigenvalue weighted by atomic mass is 10.1. The summed E-state index contributed by atoms with van der Waals surface area (Å²) in [6, 6.07) is 27.3. The highest BCUT2D eigenvalue weighted by atomic mass is 32.2. The summed E-state index contributed by atoms with van der Waals surface area (Å²) in [5.74, 6) is 0. The monoisotopic (exact) mass is 450 g/mol. The van der Waals surface area contributed by atoms with E-state index in [-0.39, 0.29) is 4.90 Å². The Labute approximate surface area is 192 Å². The van der Waals surface area contributed by atoms with E-state index in [1.54, 1.807) is 12.1 Å². The number of hydrogen-bond donors (Lipinski definition) is 0. The number of aryl methyl sites for hydroxylation is 2. The van der Waals surface area contributed by atoms with Gasteiger partial charge in [0.1, 0.15) is 0 Å². The molecule has 0 saturated carbocycles. The Morgan fingerprint density at radius 3 is 2.09 bits per heavy atom. The van der Waals surface area contributed by atoms with Crippen molar-refractivity contribution in [3.8, 4) is 11.1 Å². The van der Waals surface area contributed by atoms with Gasteiger partial charge in [-0.25, -0.2) is 12.4 Å². The summed E-state index contributed by atoms with van der Waals surface area (Å²) in [6.45, 7) is 3.94. The molecule has 6 rings (SSSR count). The largest absolute Gasteiger partial charge is 0.322 e. The van der Waals surface area contributed by atoms with Crippen LogP contribution >= 0.6 is 0 Å². The van der Waals surface area contributed by atoms with E-state index in [1.807, 2.05) is 74.6 Å². The second kappa shape index (κ2) is 7.09. The van der Waals surface area contributed by atoms with Gasteiger partial charge in [0.25, 0.3) is 10.0 Å². The molecule has 0 fully saturated rings. The van der Waals surface area contributed by atoms with E-state index in [0.717, 1.165) is 38.5 Å². The predicted octanol–water partition coefficient (Wildman–Crippen LogP) is 6.57. The number of fused-ring (bicyclic) bond motifs is 4. The topological polar surface area (TPSA) is 43.5 Å².